The molecule has 1 saturated heterocycles. The number of hydrogen-bond acceptors (Lipinski definition) is 3. The lowest BCUT2D eigenvalue weighted by molar-refractivity contribution is -0.119. The molecule has 1 unspecified atom stereocenters. The topological polar surface area (TPSA) is 50.4 Å². The fourth-order valence-electron chi connectivity index (χ4n) is 2.01. The Labute approximate surface area is 108 Å². The molecule has 0 aliphatic carbocycles. The Hall–Kier alpha value is -1.55. The molecule has 1 aromatic carbocycles. The van der Waals surface area contributed by atoms with E-state index in [-0.39, 0.29) is 18.1 Å². The summed E-state index contributed by atoms with van der Waals surface area (Å²) in [5.74, 6) is 1.02. The molecule has 0 saturated carbocycles. The minimum Gasteiger partial charge on any atom is -0.491 e. The zero-order chi connectivity index (χ0) is 13.0. The van der Waals surface area contributed by atoms with E-state index in [1.54, 1.807) is 0 Å². The lowest BCUT2D eigenvalue weighted by atomic mass is 10.2. The number of carbonyl (C=O) groups is 1. The molecular formula is C14H20N2O2. The summed E-state index contributed by atoms with van der Waals surface area (Å²) in [7, 11) is 0. The highest BCUT2D eigenvalue weighted by Crippen LogP contribution is 2.15. The van der Waals surface area contributed by atoms with E-state index < -0.39 is 0 Å². The minimum absolute atomic E-state index is 0.129. The second-order valence-electron chi connectivity index (χ2n) is 4.90. The van der Waals surface area contributed by atoms with Crippen molar-refractivity contribution in [3.8, 4) is 5.75 Å². The van der Waals surface area contributed by atoms with Gasteiger partial charge in [0.25, 0.3) is 0 Å². The van der Waals surface area contributed by atoms with Gasteiger partial charge in [-0.15, -0.1) is 0 Å². The maximum atomic E-state index is 11.1. The van der Waals surface area contributed by atoms with E-state index in [0.717, 1.165) is 18.8 Å². The van der Waals surface area contributed by atoms with Gasteiger partial charge in [0.15, 0.2) is 0 Å². The number of rotatable bonds is 5. The van der Waals surface area contributed by atoms with Gasteiger partial charge in [-0.05, 0) is 31.5 Å². The molecule has 1 aliphatic rings. The van der Waals surface area contributed by atoms with Crippen LogP contribution in [0.25, 0.3) is 0 Å². The number of hydrogen-bond donors (Lipinski definition) is 2. The molecule has 0 aromatic heterocycles. The van der Waals surface area contributed by atoms with Crippen molar-refractivity contribution in [2.24, 2.45) is 0 Å². The molecule has 0 bridgehead atoms. The fraction of sp³-hybridized carbons (Fsp3) is 0.500. The molecule has 4 heteroatoms. The molecule has 4 nitrogen and oxygen atoms in total. The standard InChI is InChI=1S/C14H20N2O2/c1-10(2)18-13-5-3-4-11(6-13)8-15-12-7-14(17)16-9-12/h3-6,10,12,15H,7-9H2,1-2H3,(H,16,17). The Morgan fingerprint density at radius 3 is 3.00 bits per heavy atom. The Balaban J connectivity index is 1.87. The maximum absolute atomic E-state index is 11.1. The molecule has 1 aromatic rings. The molecule has 0 radical (unpaired) electrons. The van der Waals surface area contributed by atoms with Gasteiger partial charge in [0, 0.05) is 25.6 Å². The van der Waals surface area contributed by atoms with Gasteiger partial charge in [0.2, 0.25) is 5.91 Å². The van der Waals surface area contributed by atoms with Gasteiger partial charge in [0.1, 0.15) is 5.75 Å². The highest BCUT2D eigenvalue weighted by atomic mass is 16.5. The minimum atomic E-state index is 0.129. The lowest BCUT2D eigenvalue weighted by Crippen LogP contribution is -2.30. The Morgan fingerprint density at radius 2 is 2.33 bits per heavy atom. The number of benzene rings is 1. The first-order chi connectivity index (χ1) is 8.63. The number of amides is 1. The van der Waals surface area contributed by atoms with Crippen molar-refractivity contribution in [2.45, 2.75) is 39.0 Å². The first kappa shape index (κ1) is 12.9. The van der Waals surface area contributed by atoms with Gasteiger partial charge in [-0.25, -0.2) is 0 Å². The van der Waals surface area contributed by atoms with E-state index in [1.165, 1.54) is 5.56 Å². The lowest BCUT2D eigenvalue weighted by Gasteiger charge is -2.13. The molecule has 0 spiro atoms. The summed E-state index contributed by atoms with van der Waals surface area (Å²) in [5.41, 5.74) is 1.17. The molecule has 98 valence electrons. The van der Waals surface area contributed by atoms with Crippen LogP contribution in [0, 0.1) is 0 Å². The molecule has 1 aliphatic heterocycles. The van der Waals surface area contributed by atoms with Crippen LogP contribution in [0.15, 0.2) is 24.3 Å². The second kappa shape index (κ2) is 5.87. The Kier molecular flexibility index (Phi) is 4.20. The normalized spacial score (nSPS) is 19.1. The second-order valence-corrected chi connectivity index (χ2v) is 4.90. The highest BCUT2D eigenvalue weighted by Gasteiger charge is 2.20. The first-order valence-corrected chi connectivity index (χ1v) is 6.39. The van der Waals surface area contributed by atoms with E-state index in [1.807, 2.05) is 32.0 Å². The average molecular weight is 248 g/mol. The number of ether oxygens (including phenoxy) is 1. The van der Waals surface area contributed by atoms with Gasteiger partial charge >= 0.3 is 0 Å². The molecule has 2 rings (SSSR count). The molecule has 1 amide bonds. The molecule has 2 N–H and O–H groups in total. The van der Waals surface area contributed by atoms with E-state index in [2.05, 4.69) is 16.7 Å². The molecule has 1 heterocycles. The summed E-state index contributed by atoms with van der Waals surface area (Å²) < 4.78 is 5.65. The SMILES string of the molecule is CC(C)Oc1cccc(CNC2CNC(=O)C2)c1. The van der Waals surface area contributed by atoms with Gasteiger partial charge in [-0.2, -0.15) is 0 Å². The van der Waals surface area contributed by atoms with Crippen molar-refractivity contribution in [1.82, 2.24) is 10.6 Å². The van der Waals surface area contributed by atoms with Crippen molar-refractivity contribution < 1.29 is 9.53 Å². The third kappa shape index (κ3) is 3.74. The predicted molar refractivity (Wildman–Crippen MR) is 70.5 cm³/mol. The smallest absolute Gasteiger partial charge is 0.221 e. The van der Waals surface area contributed by atoms with Crippen LogP contribution in [0.3, 0.4) is 0 Å². The van der Waals surface area contributed by atoms with E-state index in [0.29, 0.717) is 6.42 Å². The molecular weight excluding hydrogens is 228 g/mol. The van der Waals surface area contributed by atoms with Crippen LogP contribution in [0.5, 0.6) is 5.75 Å². The third-order valence-electron chi connectivity index (χ3n) is 2.84. The van der Waals surface area contributed by atoms with Crippen LogP contribution in [0.2, 0.25) is 0 Å². The van der Waals surface area contributed by atoms with Crippen LogP contribution >= 0.6 is 0 Å². The van der Waals surface area contributed by atoms with Crippen LogP contribution in [0.1, 0.15) is 25.8 Å². The van der Waals surface area contributed by atoms with Crippen LogP contribution < -0.4 is 15.4 Å². The zero-order valence-electron chi connectivity index (χ0n) is 10.9. The average Bonchev–Trinajstić information content (AvgIpc) is 2.72. The van der Waals surface area contributed by atoms with Gasteiger partial charge in [0.05, 0.1) is 6.10 Å². The summed E-state index contributed by atoms with van der Waals surface area (Å²) >= 11 is 0. The summed E-state index contributed by atoms with van der Waals surface area (Å²) in [6.07, 6.45) is 0.757. The zero-order valence-corrected chi connectivity index (χ0v) is 10.9. The summed E-state index contributed by atoms with van der Waals surface area (Å²) in [6, 6.07) is 8.30. The predicted octanol–water partition coefficient (Wildman–Crippen LogP) is 1.45. The fourth-order valence-corrected chi connectivity index (χ4v) is 2.01. The number of nitrogens with one attached hydrogen (secondary N) is 2. The van der Waals surface area contributed by atoms with Crippen LogP contribution in [0.4, 0.5) is 0 Å². The number of carbonyl (C=O) groups excluding carboxylic acids is 1. The Morgan fingerprint density at radius 1 is 1.50 bits per heavy atom. The van der Waals surface area contributed by atoms with E-state index >= 15 is 0 Å². The van der Waals surface area contributed by atoms with Crippen molar-refractivity contribution in [1.29, 1.82) is 0 Å². The molecule has 1 fully saturated rings. The van der Waals surface area contributed by atoms with Crippen molar-refractivity contribution >= 4 is 5.91 Å². The quantitative estimate of drug-likeness (QED) is 0.829. The monoisotopic (exact) mass is 248 g/mol. The highest BCUT2D eigenvalue weighted by molar-refractivity contribution is 5.78. The van der Waals surface area contributed by atoms with E-state index in [9.17, 15) is 4.79 Å². The van der Waals surface area contributed by atoms with Gasteiger partial charge < -0.3 is 15.4 Å². The molecule has 18 heavy (non-hydrogen) atoms. The first-order valence-electron chi connectivity index (χ1n) is 6.39. The maximum Gasteiger partial charge on any atom is 0.221 e. The Bertz CT molecular complexity index is 418. The van der Waals surface area contributed by atoms with Gasteiger partial charge in [-0.3, -0.25) is 4.79 Å². The van der Waals surface area contributed by atoms with Crippen molar-refractivity contribution in [3.63, 3.8) is 0 Å². The van der Waals surface area contributed by atoms with Crippen molar-refractivity contribution in [2.75, 3.05) is 6.54 Å². The van der Waals surface area contributed by atoms with Crippen molar-refractivity contribution in [3.05, 3.63) is 29.8 Å². The van der Waals surface area contributed by atoms with Crippen LogP contribution in [-0.2, 0) is 11.3 Å². The summed E-state index contributed by atoms with van der Waals surface area (Å²) in [5, 5.41) is 6.19. The third-order valence-corrected chi connectivity index (χ3v) is 2.84. The van der Waals surface area contributed by atoms with E-state index in [4.69, 9.17) is 4.74 Å². The summed E-state index contributed by atoms with van der Waals surface area (Å²) in [6.45, 7) is 5.51. The molecule has 1 atom stereocenters. The summed E-state index contributed by atoms with van der Waals surface area (Å²) in [4.78, 5) is 11.1. The largest absolute Gasteiger partial charge is 0.491 e. The van der Waals surface area contributed by atoms with Crippen LogP contribution in [-0.4, -0.2) is 24.6 Å². The van der Waals surface area contributed by atoms with Gasteiger partial charge in [-0.1, -0.05) is 12.1 Å².